The molecule has 1 N–H and O–H groups in total. The third-order valence-electron chi connectivity index (χ3n) is 5.23. The molecule has 0 saturated heterocycles. The minimum Gasteiger partial charge on any atom is -0.497 e. The highest BCUT2D eigenvalue weighted by atomic mass is 32.2. The standard InChI is InChI=1S/C22H21NO4S2/c1-13-4-5-14(2)17(10-13)18-11-20(24)23-21-19(12-28-22(18)21)29(25,26)16-8-6-15(27-3)7-9-16/h4-10,12,18H,11H2,1-3H3,(H,23,24)/t18-/m0/s1. The molecule has 4 rings (SSSR count). The number of benzene rings is 2. The first kappa shape index (κ1) is 19.7. The van der Waals surface area contributed by atoms with Gasteiger partial charge in [0.05, 0.1) is 17.7 Å². The second kappa shape index (κ2) is 7.31. The average molecular weight is 428 g/mol. The summed E-state index contributed by atoms with van der Waals surface area (Å²) in [6, 6.07) is 12.4. The van der Waals surface area contributed by atoms with Crippen LogP contribution in [-0.4, -0.2) is 21.4 Å². The summed E-state index contributed by atoms with van der Waals surface area (Å²) in [6.45, 7) is 4.03. The largest absolute Gasteiger partial charge is 0.497 e. The Bertz CT molecular complexity index is 1190. The van der Waals surface area contributed by atoms with Gasteiger partial charge in [-0.1, -0.05) is 23.8 Å². The quantitative estimate of drug-likeness (QED) is 0.656. The molecule has 0 saturated carbocycles. The van der Waals surface area contributed by atoms with E-state index in [9.17, 15) is 13.2 Å². The SMILES string of the molecule is COc1ccc(S(=O)(=O)c2csc3c2NC(=O)C[C@H]3c2cc(C)ccc2C)cc1. The maximum atomic E-state index is 13.3. The average Bonchev–Trinajstić information content (AvgIpc) is 3.14. The summed E-state index contributed by atoms with van der Waals surface area (Å²) in [6.07, 6.45) is 0.305. The van der Waals surface area contributed by atoms with Crippen LogP contribution in [0, 0.1) is 13.8 Å². The number of methoxy groups -OCH3 is 1. The van der Waals surface area contributed by atoms with Gasteiger partial charge in [0, 0.05) is 22.6 Å². The Morgan fingerprint density at radius 3 is 2.52 bits per heavy atom. The summed E-state index contributed by atoms with van der Waals surface area (Å²) in [7, 11) is -2.24. The highest BCUT2D eigenvalue weighted by molar-refractivity contribution is 7.91. The minimum absolute atomic E-state index is 0.144. The van der Waals surface area contributed by atoms with Crippen molar-refractivity contribution >= 4 is 32.8 Å². The van der Waals surface area contributed by atoms with E-state index in [4.69, 9.17) is 4.74 Å². The zero-order chi connectivity index (χ0) is 20.8. The zero-order valence-electron chi connectivity index (χ0n) is 16.4. The molecular weight excluding hydrogens is 406 g/mol. The molecule has 0 aliphatic carbocycles. The third-order valence-corrected chi connectivity index (χ3v) is 8.26. The molecule has 0 radical (unpaired) electrons. The van der Waals surface area contributed by atoms with Crippen LogP contribution in [0.3, 0.4) is 0 Å². The van der Waals surface area contributed by atoms with E-state index < -0.39 is 9.84 Å². The van der Waals surface area contributed by atoms with Gasteiger partial charge in [-0.15, -0.1) is 11.3 Å². The number of hydrogen-bond donors (Lipinski definition) is 1. The first-order valence-corrected chi connectivity index (χ1v) is 11.5. The van der Waals surface area contributed by atoms with Crippen LogP contribution < -0.4 is 10.1 Å². The Morgan fingerprint density at radius 2 is 1.83 bits per heavy atom. The summed E-state index contributed by atoms with van der Waals surface area (Å²) < 4.78 is 31.6. The topological polar surface area (TPSA) is 72.5 Å². The summed E-state index contributed by atoms with van der Waals surface area (Å²) in [4.78, 5) is 13.7. The molecule has 3 aromatic rings. The first-order valence-electron chi connectivity index (χ1n) is 9.19. The fourth-order valence-electron chi connectivity index (χ4n) is 3.67. The van der Waals surface area contributed by atoms with Gasteiger partial charge in [-0.05, 0) is 49.2 Å². The molecule has 7 heteroatoms. The van der Waals surface area contributed by atoms with Gasteiger partial charge in [-0.25, -0.2) is 8.42 Å². The third kappa shape index (κ3) is 3.45. The van der Waals surface area contributed by atoms with Crippen LogP contribution in [0.4, 0.5) is 5.69 Å². The summed E-state index contributed by atoms with van der Waals surface area (Å²) in [5, 5.41) is 4.44. The molecule has 1 aliphatic rings. The first-order chi connectivity index (χ1) is 13.8. The van der Waals surface area contributed by atoms with E-state index in [1.165, 1.54) is 30.6 Å². The van der Waals surface area contributed by atoms with Gasteiger partial charge in [0.15, 0.2) is 0 Å². The molecule has 0 spiro atoms. The number of fused-ring (bicyclic) bond motifs is 1. The lowest BCUT2D eigenvalue weighted by atomic mass is 9.87. The van der Waals surface area contributed by atoms with E-state index in [1.807, 2.05) is 26.0 Å². The van der Waals surface area contributed by atoms with E-state index in [2.05, 4.69) is 11.4 Å². The van der Waals surface area contributed by atoms with E-state index in [0.717, 1.165) is 21.6 Å². The maximum absolute atomic E-state index is 13.3. The van der Waals surface area contributed by atoms with Crippen LogP contribution in [0.1, 0.15) is 33.9 Å². The van der Waals surface area contributed by atoms with Crippen LogP contribution in [-0.2, 0) is 14.6 Å². The number of thiophene rings is 1. The molecule has 150 valence electrons. The van der Waals surface area contributed by atoms with Crippen molar-refractivity contribution in [3.8, 4) is 5.75 Å². The Morgan fingerprint density at radius 1 is 1.10 bits per heavy atom. The number of nitrogens with one attached hydrogen (secondary N) is 1. The lowest BCUT2D eigenvalue weighted by Crippen LogP contribution is -2.24. The molecule has 1 atom stereocenters. The molecule has 2 aromatic carbocycles. The van der Waals surface area contributed by atoms with E-state index in [1.54, 1.807) is 17.5 Å². The van der Waals surface area contributed by atoms with Crippen molar-refractivity contribution < 1.29 is 17.9 Å². The van der Waals surface area contributed by atoms with E-state index in [-0.39, 0.29) is 21.6 Å². The Balaban J connectivity index is 1.82. The number of carbonyl (C=O) groups excluding carboxylic acids is 1. The molecule has 29 heavy (non-hydrogen) atoms. The predicted molar refractivity (Wildman–Crippen MR) is 114 cm³/mol. The summed E-state index contributed by atoms with van der Waals surface area (Å²) in [5.74, 6) is 0.260. The van der Waals surface area contributed by atoms with Gasteiger partial charge in [0.2, 0.25) is 15.7 Å². The molecule has 0 unspecified atom stereocenters. The summed E-state index contributed by atoms with van der Waals surface area (Å²) in [5.41, 5.74) is 3.68. The van der Waals surface area contributed by atoms with Crippen molar-refractivity contribution in [2.24, 2.45) is 0 Å². The van der Waals surface area contributed by atoms with Crippen molar-refractivity contribution in [1.29, 1.82) is 0 Å². The van der Waals surface area contributed by atoms with E-state index in [0.29, 0.717) is 17.9 Å². The molecule has 2 heterocycles. The van der Waals surface area contributed by atoms with Gasteiger partial charge in [0.25, 0.3) is 0 Å². The van der Waals surface area contributed by atoms with Gasteiger partial charge in [-0.2, -0.15) is 0 Å². The fourth-order valence-corrected chi connectivity index (χ4v) is 6.57. The highest BCUT2D eigenvalue weighted by Crippen LogP contribution is 2.46. The fraction of sp³-hybridized carbons (Fsp3) is 0.227. The van der Waals surface area contributed by atoms with E-state index >= 15 is 0 Å². The maximum Gasteiger partial charge on any atom is 0.225 e. The number of rotatable bonds is 4. The number of hydrogen-bond acceptors (Lipinski definition) is 5. The number of anilines is 1. The van der Waals surface area contributed by atoms with Crippen LogP contribution in [0.25, 0.3) is 0 Å². The molecule has 1 aromatic heterocycles. The van der Waals surface area contributed by atoms with Crippen molar-refractivity contribution in [2.45, 2.75) is 36.0 Å². The molecule has 1 amide bonds. The molecule has 0 fully saturated rings. The van der Waals surface area contributed by atoms with Crippen LogP contribution in [0.15, 0.2) is 57.6 Å². The number of sulfone groups is 1. The number of amides is 1. The molecular formula is C22H21NO4S2. The minimum atomic E-state index is -3.77. The zero-order valence-corrected chi connectivity index (χ0v) is 18.0. The molecule has 0 bridgehead atoms. The number of ether oxygens (including phenoxy) is 1. The van der Waals surface area contributed by atoms with Crippen LogP contribution >= 0.6 is 11.3 Å². The number of carbonyl (C=O) groups is 1. The van der Waals surface area contributed by atoms with Gasteiger partial charge >= 0.3 is 0 Å². The van der Waals surface area contributed by atoms with Crippen molar-refractivity contribution in [2.75, 3.05) is 12.4 Å². The van der Waals surface area contributed by atoms with Gasteiger partial charge in [-0.3, -0.25) is 4.79 Å². The Hall–Kier alpha value is -2.64. The van der Waals surface area contributed by atoms with Gasteiger partial charge in [0.1, 0.15) is 10.6 Å². The lowest BCUT2D eigenvalue weighted by Gasteiger charge is -2.25. The Labute approximate surface area is 174 Å². The normalized spacial score (nSPS) is 16.2. The van der Waals surface area contributed by atoms with Crippen molar-refractivity contribution in [1.82, 2.24) is 0 Å². The monoisotopic (exact) mass is 427 g/mol. The molecule has 1 aliphatic heterocycles. The highest BCUT2D eigenvalue weighted by Gasteiger charge is 2.35. The Kier molecular flexibility index (Phi) is 4.96. The van der Waals surface area contributed by atoms with Crippen molar-refractivity contribution in [3.05, 3.63) is 69.4 Å². The number of aryl methyl sites for hydroxylation is 2. The smallest absolute Gasteiger partial charge is 0.225 e. The molecule has 5 nitrogen and oxygen atoms in total. The predicted octanol–water partition coefficient (Wildman–Crippen LogP) is 4.68. The van der Waals surface area contributed by atoms with Crippen molar-refractivity contribution in [3.63, 3.8) is 0 Å². The summed E-state index contributed by atoms with van der Waals surface area (Å²) >= 11 is 1.38. The van der Waals surface area contributed by atoms with Crippen LogP contribution in [0.2, 0.25) is 0 Å². The van der Waals surface area contributed by atoms with Gasteiger partial charge < -0.3 is 10.1 Å². The second-order valence-corrected chi connectivity index (χ2v) is 10.0. The lowest BCUT2D eigenvalue weighted by molar-refractivity contribution is -0.116. The second-order valence-electron chi connectivity index (χ2n) is 7.18. The van der Waals surface area contributed by atoms with Crippen LogP contribution in [0.5, 0.6) is 5.75 Å².